The molecule has 164 valence electrons. The van der Waals surface area contributed by atoms with Crippen molar-refractivity contribution in [1.29, 1.82) is 0 Å². The molecule has 10 nitrogen and oxygen atoms in total. The standard InChI is InChI=1S/C19H32N4O6/c1-3-19(28)29-14-15-12-23(11-10-22(15)13-18(26)27)17(25)7-9-21-16(24)6-4-5-8-20-2/h15H,2-14H2,1H3,(H,21,24)(H,26,27). The first-order chi connectivity index (χ1) is 13.9. The van der Waals surface area contributed by atoms with Crippen LogP contribution >= 0.6 is 0 Å². The molecule has 1 unspecified atom stereocenters. The van der Waals surface area contributed by atoms with Crippen LogP contribution < -0.4 is 5.32 Å². The fourth-order valence-corrected chi connectivity index (χ4v) is 3.02. The van der Waals surface area contributed by atoms with E-state index in [1.54, 1.807) is 16.7 Å². The van der Waals surface area contributed by atoms with E-state index in [0.717, 1.165) is 12.8 Å². The monoisotopic (exact) mass is 412 g/mol. The lowest BCUT2D eigenvalue weighted by atomic mass is 10.1. The number of carboxylic acids is 1. The van der Waals surface area contributed by atoms with Gasteiger partial charge in [0.05, 0.1) is 12.6 Å². The Kier molecular flexibility index (Phi) is 11.6. The number of hydrogen-bond donors (Lipinski definition) is 2. The van der Waals surface area contributed by atoms with Crippen LogP contribution in [-0.4, -0.2) is 97.3 Å². The van der Waals surface area contributed by atoms with Gasteiger partial charge < -0.3 is 25.1 Å². The molecule has 1 aliphatic rings. The number of rotatable bonds is 13. The minimum atomic E-state index is -0.969. The number of carbonyl (C=O) groups is 4. The molecule has 10 heteroatoms. The Bertz CT molecular complexity index is 583. The van der Waals surface area contributed by atoms with Gasteiger partial charge in [0.2, 0.25) is 11.8 Å². The molecule has 2 amide bonds. The Labute approximate surface area is 171 Å². The highest BCUT2D eigenvalue weighted by Gasteiger charge is 2.31. The van der Waals surface area contributed by atoms with Gasteiger partial charge in [0, 0.05) is 52.0 Å². The summed E-state index contributed by atoms with van der Waals surface area (Å²) >= 11 is 0. The molecule has 1 rings (SSSR count). The maximum absolute atomic E-state index is 12.5. The van der Waals surface area contributed by atoms with Gasteiger partial charge in [-0.2, -0.15) is 0 Å². The Morgan fingerprint density at radius 2 is 1.97 bits per heavy atom. The predicted molar refractivity (Wildman–Crippen MR) is 107 cm³/mol. The zero-order valence-electron chi connectivity index (χ0n) is 17.1. The van der Waals surface area contributed by atoms with E-state index in [4.69, 9.17) is 9.84 Å². The van der Waals surface area contributed by atoms with Crippen LogP contribution in [0.1, 0.15) is 39.0 Å². The number of esters is 1. The van der Waals surface area contributed by atoms with Gasteiger partial charge in [-0.15, -0.1) is 0 Å². The second kappa shape index (κ2) is 13.6. The van der Waals surface area contributed by atoms with Crippen molar-refractivity contribution >= 4 is 30.5 Å². The quantitative estimate of drug-likeness (QED) is 0.246. The molecule has 1 saturated heterocycles. The molecule has 29 heavy (non-hydrogen) atoms. The van der Waals surface area contributed by atoms with Crippen molar-refractivity contribution < 1.29 is 29.0 Å². The molecule has 0 aliphatic carbocycles. The van der Waals surface area contributed by atoms with E-state index in [2.05, 4.69) is 17.0 Å². The summed E-state index contributed by atoms with van der Waals surface area (Å²) in [4.78, 5) is 53.8. The van der Waals surface area contributed by atoms with Gasteiger partial charge in [-0.1, -0.05) is 6.92 Å². The van der Waals surface area contributed by atoms with E-state index < -0.39 is 5.97 Å². The second-order valence-electron chi connectivity index (χ2n) is 6.90. The smallest absolute Gasteiger partial charge is 0.317 e. The maximum atomic E-state index is 12.5. The molecule has 2 N–H and O–H groups in total. The number of aliphatic carboxylic acids is 1. The molecule has 0 spiro atoms. The number of nitrogens with zero attached hydrogens (tertiary/aromatic N) is 3. The van der Waals surface area contributed by atoms with E-state index in [1.807, 2.05) is 0 Å². The first kappa shape index (κ1) is 24.5. The zero-order valence-corrected chi connectivity index (χ0v) is 17.1. The average molecular weight is 412 g/mol. The van der Waals surface area contributed by atoms with Crippen molar-refractivity contribution in [2.45, 2.75) is 45.1 Å². The summed E-state index contributed by atoms with van der Waals surface area (Å²) in [5.41, 5.74) is 0. The molecule has 1 aliphatic heterocycles. The van der Waals surface area contributed by atoms with E-state index in [0.29, 0.717) is 26.1 Å². The fourth-order valence-electron chi connectivity index (χ4n) is 3.02. The highest BCUT2D eigenvalue weighted by Crippen LogP contribution is 2.12. The lowest BCUT2D eigenvalue weighted by Crippen LogP contribution is -2.57. The molecule has 0 aromatic carbocycles. The normalized spacial score (nSPS) is 16.9. The van der Waals surface area contributed by atoms with Crippen molar-refractivity contribution in [1.82, 2.24) is 15.1 Å². The Morgan fingerprint density at radius 3 is 2.62 bits per heavy atom. The van der Waals surface area contributed by atoms with Crippen molar-refractivity contribution in [3.63, 3.8) is 0 Å². The number of hydrogen-bond acceptors (Lipinski definition) is 7. The minimum absolute atomic E-state index is 0.0417. The Balaban J connectivity index is 2.44. The Hall–Kier alpha value is -2.49. The summed E-state index contributed by atoms with van der Waals surface area (Å²) in [6, 6.07) is -0.368. The van der Waals surface area contributed by atoms with E-state index in [-0.39, 0.29) is 62.9 Å². The summed E-state index contributed by atoms with van der Waals surface area (Å²) in [6.07, 6.45) is 2.32. The first-order valence-corrected chi connectivity index (χ1v) is 9.95. The van der Waals surface area contributed by atoms with Crippen LogP contribution in [0.15, 0.2) is 4.99 Å². The van der Waals surface area contributed by atoms with Crippen LogP contribution in [0.4, 0.5) is 0 Å². The van der Waals surface area contributed by atoms with Crippen molar-refractivity contribution in [2.75, 3.05) is 45.9 Å². The van der Waals surface area contributed by atoms with Crippen LogP contribution in [0.2, 0.25) is 0 Å². The van der Waals surface area contributed by atoms with Gasteiger partial charge in [-0.05, 0) is 19.6 Å². The topological polar surface area (TPSA) is 129 Å². The van der Waals surface area contributed by atoms with Gasteiger partial charge in [-0.3, -0.25) is 24.1 Å². The van der Waals surface area contributed by atoms with Gasteiger partial charge in [0.1, 0.15) is 6.61 Å². The SMILES string of the molecule is C=NCCCCC(=O)NCCC(=O)N1CCN(CC(=O)O)C(COC(=O)CC)C1. The molecule has 0 aromatic heterocycles. The number of carbonyl (C=O) groups excluding carboxylic acids is 3. The number of amides is 2. The van der Waals surface area contributed by atoms with Crippen LogP contribution in [-0.2, 0) is 23.9 Å². The lowest BCUT2D eigenvalue weighted by molar-refractivity contribution is -0.148. The molecular formula is C19H32N4O6. The number of ether oxygens (including phenoxy) is 1. The van der Waals surface area contributed by atoms with E-state index in [1.165, 1.54) is 0 Å². The molecule has 1 atom stereocenters. The molecule has 0 bridgehead atoms. The summed E-state index contributed by atoms with van der Waals surface area (Å²) in [7, 11) is 0. The van der Waals surface area contributed by atoms with Gasteiger partial charge in [0.15, 0.2) is 0 Å². The highest BCUT2D eigenvalue weighted by atomic mass is 16.5. The van der Waals surface area contributed by atoms with E-state index in [9.17, 15) is 19.2 Å². The Morgan fingerprint density at radius 1 is 1.21 bits per heavy atom. The number of carboxylic acid groups (broad SMARTS) is 1. The molecule has 0 radical (unpaired) electrons. The average Bonchev–Trinajstić information content (AvgIpc) is 2.69. The summed E-state index contributed by atoms with van der Waals surface area (Å²) in [5, 5.41) is 11.8. The number of unbranched alkanes of at least 4 members (excludes halogenated alkanes) is 1. The molecular weight excluding hydrogens is 380 g/mol. The summed E-state index contributed by atoms with van der Waals surface area (Å²) in [5.74, 6) is -1.56. The van der Waals surface area contributed by atoms with Crippen LogP contribution in [0.5, 0.6) is 0 Å². The maximum Gasteiger partial charge on any atom is 0.317 e. The lowest BCUT2D eigenvalue weighted by Gasteiger charge is -2.40. The minimum Gasteiger partial charge on any atom is -0.480 e. The third-order valence-corrected chi connectivity index (χ3v) is 4.65. The highest BCUT2D eigenvalue weighted by molar-refractivity contribution is 5.79. The predicted octanol–water partition coefficient (Wildman–Crippen LogP) is -0.0858. The van der Waals surface area contributed by atoms with Gasteiger partial charge in [-0.25, -0.2) is 0 Å². The van der Waals surface area contributed by atoms with Crippen molar-refractivity contribution in [2.24, 2.45) is 4.99 Å². The number of nitrogens with one attached hydrogen (secondary N) is 1. The molecule has 0 saturated carbocycles. The fraction of sp³-hybridized carbons (Fsp3) is 0.737. The van der Waals surface area contributed by atoms with E-state index >= 15 is 0 Å². The zero-order chi connectivity index (χ0) is 21.6. The molecule has 0 aromatic rings. The van der Waals surface area contributed by atoms with Gasteiger partial charge >= 0.3 is 11.9 Å². The second-order valence-corrected chi connectivity index (χ2v) is 6.90. The molecule has 1 heterocycles. The van der Waals surface area contributed by atoms with Crippen LogP contribution in [0.25, 0.3) is 0 Å². The van der Waals surface area contributed by atoms with Crippen molar-refractivity contribution in [3.8, 4) is 0 Å². The third-order valence-electron chi connectivity index (χ3n) is 4.65. The number of piperazine rings is 1. The largest absolute Gasteiger partial charge is 0.480 e. The van der Waals surface area contributed by atoms with Crippen molar-refractivity contribution in [3.05, 3.63) is 0 Å². The summed E-state index contributed by atoms with van der Waals surface area (Å²) in [6.45, 7) is 6.89. The van der Waals surface area contributed by atoms with Crippen LogP contribution in [0.3, 0.4) is 0 Å². The van der Waals surface area contributed by atoms with Crippen LogP contribution in [0, 0.1) is 0 Å². The summed E-state index contributed by atoms with van der Waals surface area (Å²) < 4.78 is 5.16. The third kappa shape index (κ3) is 10.0. The molecule has 1 fully saturated rings. The number of aliphatic imine (C=N–C) groups is 1. The van der Waals surface area contributed by atoms with Gasteiger partial charge in [0.25, 0.3) is 0 Å². The first-order valence-electron chi connectivity index (χ1n) is 9.95.